The highest BCUT2D eigenvalue weighted by Gasteiger charge is 2.38. The van der Waals surface area contributed by atoms with Crippen LogP contribution in [0.3, 0.4) is 0 Å². The van der Waals surface area contributed by atoms with Gasteiger partial charge < -0.3 is 10.3 Å². The topological polar surface area (TPSA) is 57.8 Å². The van der Waals surface area contributed by atoms with Gasteiger partial charge in [0.1, 0.15) is 0 Å². The maximum absolute atomic E-state index is 11.8. The van der Waals surface area contributed by atoms with Crippen molar-refractivity contribution in [1.29, 1.82) is 0 Å². The van der Waals surface area contributed by atoms with Crippen LogP contribution in [0.5, 0.6) is 0 Å². The first-order valence-electron chi connectivity index (χ1n) is 6.99. The summed E-state index contributed by atoms with van der Waals surface area (Å²) in [4.78, 5) is 18.9. The van der Waals surface area contributed by atoms with E-state index in [4.69, 9.17) is 0 Å². The highest BCUT2D eigenvalue weighted by atomic mass is 16.1. The molecule has 1 fully saturated rings. The number of rotatable bonds is 5. The Morgan fingerprint density at radius 1 is 1.35 bits per heavy atom. The summed E-state index contributed by atoms with van der Waals surface area (Å²) in [5.41, 5.74) is 3.49. The van der Waals surface area contributed by atoms with Gasteiger partial charge in [0.2, 0.25) is 5.91 Å². The Morgan fingerprint density at radius 3 is 2.70 bits per heavy atom. The molecular formula is C16H19N3O. The molecule has 2 N–H and O–H groups in total. The molecule has 104 valence electrons. The van der Waals surface area contributed by atoms with Crippen LogP contribution in [-0.4, -0.2) is 15.9 Å². The van der Waals surface area contributed by atoms with Gasteiger partial charge in [0.05, 0.1) is 18.2 Å². The Kier molecular flexibility index (Phi) is 3.30. The zero-order valence-electron chi connectivity index (χ0n) is 11.6. The van der Waals surface area contributed by atoms with E-state index < -0.39 is 0 Å². The lowest BCUT2D eigenvalue weighted by Gasteiger charge is -2.09. The van der Waals surface area contributed by atoms with E-state index in [-0.39, 0.29) is 11.3 Å². The average molecular weight is 269 g/mol. The van der Waals surface area contributed by atoms with E-state index in [0.717, 1.165) is 16.8 Å². The quantitative estimate of drug-likeness (QED) is 0.877. The zero-order valence-corrected chi connectivity index (χ0v) is 11.6. The van der Waals surface area contributed by atoms with E-state index in [1.807, 2.05) is 24.3 Å². The first kappa shape index (κ1) is 12.9. The largest absolute Gasteiger partial charge is 0.352 e. The van der Waals surface area contributed by atoms with Crippen molar-refractivity contribution in [3.05, 3.63) is 42.4 Å². The predicted octanol–water partition coefficient (Wildman–Crippen LogP) is 2.88. The maximum Gasteiger partial charge on any atom is 0.220 e. The van der Waals surface area contributed by atoms with E-state index in [9.17, 15) is 4.79 Å². The number of amides is 1. The fourth-order valence-electron chi connectivity index (χ4n) is 2.26. The second-order valence-electron chi connectivity index (χ2n) is 5.93. The summed E-state index contributed by atoms with van der Waals surface area (Å²) in [5, 5.41) is 2.99. The van der Waals surface area contributed by atoms with Crippen LogP contribution < -0.4 is 5.32 Å². The molecule has 20 heavy (non-hydrogen) atoms. The van der Waals surface area contributed by atoms with Crippen LogP contribution in [0.4, 0.5) is 0 Å². The number of imidazole rings is 1. The van der Waals surface area contributed by atoms with Crippen molar-refractivity contribution in [1.82, 2.24) is 15.3 Å². The normalized spacial score (nSPS) is 15.8. The lowest BCUT2D eigenvalue weighted by Crippen LogP contribution is -2.24. The number of hydrogen-bond acceptors (Lipinski definition) is 2. The van der Waals surface area contributed by atoms with Gasteiger partial charge >= 0.3 is 0 Å². The Labute approximate surface area is 118 Å². The number of H-pyrrole nitrogens is 1. The minimum atomic E-state index is 0.155. The lowest BCUT2D eigenvalue weighted by atomic mass is 10.1. The van der Waals surface area contributed by atoms with Crippen LogP contribution in [0.2, 0.25) is 0 Å². The summed E-state index contributed by atoms with van der Waals surface area (Å²) in [7, 11) is 0. The number of hydrogen-bond donors (Lipinski definition) is 2. The Bertz CT molecular complexity index is 583. The molecule has 0 aliphatic heterocycles. The summed E-state index contributed by atoms with van der Waals surface area (Å²) in [5.74, 6) is 0.155. The molecule has 0 bridgehead atoms. The van der Waals surface area contributed by atoms with Crippen LogP contribution in [0.25, 0.3) is 11.3 Å². The third-order valence-electron chi connectivity index (χ3n) is 3.94. The van der Waals surface area contributed by atoms with Gasteiger partial charge in [-0.2, -0.15) is 0 Å². The van der Waals surface area contributed by atoms with E-state index in [2.05, 4.69) is 22.2 Å². The van der Waals surface area contributed by atoms with Crippen LogP contribution in [-0.2, 0) is 11.3 Å². The molecule has 1 aromatic heterocycles. The van der Waals surface area contributed by atoms with Crippen molar-refractivity contribution in [3.8, 4) is 11.3 Å². The maximum atomic E-state index is 11.8. The van der Waals surface area contributed by atoms with Crippen molar-refractivity contribution >= 4 is 5.91 Å². The first-order valence-corrected chi connectivity index (χ1v) is 6.99. The zero-order chi connectivity index (χ0) is 14.0. The number of carbonyl (C=O) groups excluding carboxylic acids is 1. The second kappa shape index (κ2) is 5.12. The molecule has 4 heteroatoms. The molecule has 1 aliphatic carbocycles. The first-order chi connectivity index (χ1) is 9.65. The Hall–Kier alpha value is -2.10. The lowest BCUT2D eigenvalue weighted by molar-refractivity contribution is -0.122. The number of carbonyl (C=O) groups is 1. The van der Waals surface area contributed by atoms with Gasteiger partial charge in [0, 0.05) is 13.0 Å². The molecule has 1 aliphatic rings. The van der Waals surface area contributed by atoms with Gasteiger partial charge in [-0.1, -0.05) is 31.2 Å². The summed E-state index contributed by atoms with van der Waals surface area (Å²) >= 11 is 0. The molecule has 0 saturated heterocycles. The van der Waals surface area contributed by atoms with Gasteiger partial charge in [0.25, 0.3) is 0 Å². The summed E-state index contributed by atoms with van der Waals surface area (Å²) in [6, 6.07) is 8.15. The second-order valence-corrected chi connectivity index (χ2v) is 5.93. The number of nitrogens with one attached hydrogen (secondary N) is 2. The van der Waals surface area contributed by atoms with Crippen molar-refractivity contribution in [2.45, 2.75) is 32.7 Å². The monoisotopic (exact) mass is 269 g/mol. The average Bonchev–Trinajstić information content (AvgIpc) is 2.95. The van der Waals surface area contributed by atoms with Gasteiger partial charge in [-0.05, 0) is 29.4 Å². The smallest absolute Gasteiger partial charge is 0.220 e. The predicted molar refractivity (Wildman–Crippen MR) is 77.8 cm³/mol. The molecule has 1 heterocycles. The van der Waals surface area contributed by atoms with Gasteiger partial charge in [0.15, 0.2) is 0 Å². The summed E-state index contributed by atoms with van der Waals surface area (Å²) < 4.78 is 0. The van der Waals surface area contributed by atoms with E-state index in [1.54, 1.807) is 12.5 Å². The van der Waals surface area contributed by atoms with E-state index in [0.29, 0.717) is 13.0 Å². The fraction of sp³-hybridized carbons (Fsp3) is 0.375. The molecule has 1 amide bonds. The van der Waals surface area contributed by atoms with Gasteiger partial charge in [-0.15, -0.1) is 0 Å². The van der Waals surface area contributed by atoms with Crippen LogP contribution in [0, 0.1) is 5.41 Å². The molecule has 0 unspecified atom stereocenters. The van der Waals surface area contributed by atoms with Crippen molar-refractivity contribution in [2.75, 3.05) is 0 Å². The highest BCUT2D eigenvalue weighted by molar-refractivity contribution is 5.77. The van der Waals surface area contributed by atoms with Crippen molar-refractivity contribution in [2.24, 2.45) is 5.41 Å². The molecule has 1 aromatic carbocycles. The summed E-state index contributed by atoms with van der Waals surface area (Å²) in [6.45, 7) is 2.77. The third kappa shape index (κ3) is 3.07. The highest BCUT2D eigenvalue weighted by Crippen LogP contribution is 2.47. The third-order valence-corrected chi connectivity index (χ3v) is 3.94. The fourth-order valence-corrected chi connectivity index (χ4v) is 2.26. The van der Waals surface area contributed by atoms with Gasteiger partial charge in [-0.3, -0.25) is 4.79 Å². The van der Waals surface area contributed by atoms with Gasteiger partial charge in [-0.25, -0.2) is 4.98 Å². The van der Waals surface area contributed by atoms with E-state index >= 15 is 0 Å². The van der Waals surface area contributed by atoms with Crippen LogP contribution in [0.1, 0.15) is 31.7 Å². The number of aromatic amines is 1. The Morgan fingerprint density at radius 2 is 2.10 bits per heavy atom. The molecule has 2 aromatic rings. The van der Waals surface area contributed by atoms with Crippen LogP contribution in [0.15, 0.2) is 36.8 Å². The van der Waals surface area contributed by atoms with E-state index in [1.165, 1.54) is 12.8 Å². The number of benzene rings is 1. The Balaban J connectivity index is 1.54. The molecule has 3 rings (SSSR count). The molecule has 0 spiro atoms. The summed E-state index contributed by atoms with van der Waals surface area (Å²) in [6.07, 6.45) is 6.48. The molecule has 1 saturated carbocycles. The standard InChI is InChI=1S/C16H19N3O/c1-16(6-7-16)8-15(20)18-9-12-2-4-13(5-3-12)14-10-17-11-19-14/h2-5,10-11H,6-9H2,1H3,(H,17,19)(H,18,20). The molecule has 0 radical (unpaired) electrons. The minimum absolute atomic E-state index is 0.155. The van der Waals surface area contributed by atoms with Crippen molar-refractivity contribution < 1.29 is 4.79 Å². The SMILES string of the molecule is CC1(CC(=O)NCc2ccc(-c3cnc[nH]3)cc2)CC1. The van der Waals surface area contributed by atoms with Crippen LogP contribution >= 0.6 is 0 Å². The van der Waals surface area contributed by atoms with Crippen molar-refractivity contribution in [3.63, 3.8) is 0 Å². The minimum Gasteiger partial charge on any atom is -0.352 e. The number of nitrogens with zero attached hydrogens (tertiary/aromatic N) is 1. The number of aromatic nitrogens is 2. The molecule has 4 nitrogen and oxygen atoms in total. The molecular weight excluding hydrogens is 250 g/mol. The molecule has 0 atom stereocenters.